The third-order valence-corrected chi connectivity index (χ3v) is 6.69. The second kappa shape index (κ2) is 9.34. The molecule has 5 heteroatoms. The minimum absolute atomic E-state index is 0.108. The molecule has 0 bridgehead atoms. The van der Waals surface area contributed by atoms with Crippen molar-refractivity contribution in [1.82, 2.24) is 9.47 Å². The van der Waals surface area contributed by atoms with E-state index in [4.69, 9.17) is 0 Å². The normalized spacial score (nSPS) is 13.1. The van der Waals surface area contributed by atoms with Gasteiger partial charge in [-0.05, 0) is 54.7 Å². The van der Waals surface area contributed by atoms with Gasteiger partial charge in [0.15, 0.2) is 6.29 Å². The number of aromatic nitrogens is 1. The molecule has 2 heterocycles. The fraction of sp³-hybridized carbons (Fsp3) is 0.200. The van der Waals surface area contributed by atoms with E-state index in [1.165, 1.54) is 17.7 Å². The molecule has 5 rings (SSSR count). The average Bonchev–Trinajstić information content (AvgIpc) is 3.24. The van der Waals surface area contributed by atoms with Crippen molar-refractivity contribution in [1.29, 1.82) is 0 Å². The minimum Gasteiger partial charge on any atom is -0.333 e. The molecule has 4 aromatic rings. The van der Waals surface area contributed by atoms with Crippen LogP contribution in [0.4, 0.5) is 4.39 Å². The van der Waals surface area contributed by atoms with E-state index in [2.05, 4.69) is 12.1 Å². The van der Waals surface area contributed by atoms with E-state index in [0.717, 1.165) is 23.8 Å². The smallest absolute Gasteiger partial charge is 0.271 e. The zero-order chi connectivity index (χ0) is 24.5. The maximum atomic E-state index is 14.2. The first-order valence-corrected chi connectivity index (χ1v) is 11.9. The quantitative estimate of drug-likeness (QED) is 0.313. The molecule has 0 aliphatic carbocycles. The third-order valence-electron chi connectivity index (χ3n) is 6.69. The van der Waals surface area contributed by atoms with Gasteiger partial charge in [-0.2, -0.15) is 0 Å². The predicted molar refractivity (Wildman–Crippen MR) is 136 cm³/mol. The largest absolute Gasteiger partial charge is 0.333 e. The van der Waals surface area contributed by atoms with E-state index >= 15 is 0 Å². The Kier molecular flexibility index (Phi) is 6.08. The lowest BCUT2D eigenvalue weighted by Crippen LogP contribution is -2.37. The van der Waals surface area contributed by atoms with Gasteiger partial charge in [-0.3, -0.25) is 9.59 Å². The molecule has 0 N–H and O–H groups in total. The van der Waals surface area contributed by atoms with Crippen LogP contribution in [0.3, 0.4) is 0 Å². The van der Waals surface area contributed by atoms with Crippen molar-refractivity contribution in [2.45, 2.75) is 32.9 Å². The Morgan fingerprint density at radius 3 is 2.14 bits per heavy atom. The minimum atomic E-state index is -0.353. The number of benzene rings is 3. The molecule has 1 amide bonds. The SMILES string of the molecule is CC(C)n1c(C=O)c(-c2ccc(F)cc2)c(-c2ccccc2)c1C(=O)N1CCc2ccccc2C1. The summed E-state index contributed by atoms with van der Waals surface area (Å²) in [7, 11) is 0. The van der Waals surface area contributed by atoms with Gasteiger partial charge in [-0.15, -0.1) is 0 Å². The molecule has 1 aliphatic heterocycles. The van der Waals surface area contributed by atoms with Gasteiger partial charge >= 0.3 is 0 Å². The first-order valence-electron chi connectivity index (χ1n) is 11.9. The molecule has 0 radical (unpaired) electrons. The van der Waals surface area contributed by atoms with E-state index in [9.17, 15) is 14.0 Å². The lowest BCUT2D eigenvalue weighted by molar-refractivity contribution is 0.0722. The Balaban J connectivity index is 1.76. The Hall–Kier alpha value is -3.99. The van der Waals surface area contributed by atoms with E-state index in [1.807, 2.05) is 65.8 Å². The summed E-state index contributed by atoms with van der Waals surface area (Å²) in [6.45, 7) is 5.07. The van der Waals surface area contributed by atoms with E-state index in [-0.39, 0.29) is 17.8 Å². The van der Waals surface area contributed by atoms with Gasteiger partial charge in [0.05, 0.1) is 5.69 Å². The average molecular weight is 467 g/mol. The monoisotopic (exact) mass is 466 g/mol. The number of aldehydes is 1. The van der Waals surface area contributed by atoms with Crippen molar-refractivity contribution >= 4 is 12.2 Å². The molecule has 0 saturated heterocycles. The lowest BCUT2D eigenvalue weighted by Gasteiger charge is -2.30. The summed E-state index contributed by atoms with van der Waals surface area (Å²) in [5.41, 5.74) is 6.22. The molecular weight excluding hydrogens is 439 g/mol. The fourth-order valence-electron chi connectivity index (χ4n) is 5.08. The summed E-state index contributed by atoms with van der Waals surface area (Å²) in [5, 5.41) is 0. The second-order valence-corrected chi connectivity index (χ2v) is 9.18. The van der Waals surface area contributed by atoms with Gasteiger partial charge in [0.2, 0.25) is 0 Å². The van der Waals surface area contributed by atoms with Gasteiger partial charge in [0.25, 0.3) is 5.91 Å². The fourth-order valence-corrected chi connectivity index (χ4v) is 5.08. The van der Waals surface area contributed by atoms with Crippen LogP contribution in [0.15, 0.2) is 78.9 Å². The van der Waals surface area contributed by atoms with E-state index in [0.29, 0.717) is 41.2 Å². The van der Waals surface area contributed by atoms with Crippen LogP contribution in [0.2, 0.25) is 0 Å². The van der Waals surface area contributed by atoms with Gasteiger partial charge in [0, 0.05) is 30.3 Å². The molecule has 3 aromatic carbocycles. The number of carbonyl (C=O) groups is 2. The number of halogens is 1. The summed E-state index contributed by atoms with van der Waals surface area (Å²) in [6, 6.07) is 23.8. The lowest BCUT2D eigenvalue weighted by atomic mass is 9.94. The maximum absolute atomic E-state index is 14.2. The van der Waals surface area contributed by atoms with Gasteiger partial charge in [-0.25, -0.2) is 4.39 Å². The number of rotatable bonds is 5. The van der Waals surface area contributed by atoms with E-state index < -0.39 is 0 Å². The number of amides is 1. The summed E-state index contributed by atoms with van der Waals surface area (Å²) in [4.78, 5) is 28.6. The zero-order valence-electron chi connectivity index (χ0n) is 19.9. The van der Waals surface area contributed by atoms with Crippen molar-refractivity contribution in [3.05, 3.63) is 107 Å². The van der Waals surface area contributed by atoms with Crippen LogP contribution in [0.1, 0.15) is 52.0 Å². The number of hydrogen-bond acceptors (Lipinski definition) is 2. The maximum Gasteiger partial charge on any atom is 0.271 e. The number of carbonyl (C=O) groups excluding carboxylic acids is 2. The standard InChI is InChI=1S/C30H27FN2O2/c1-20(2)33-26(19-34)27(23-12-14-25(31)15-13-23)28(22-9-4-3-5-10-22)29(33)30(35)32-17-16-21-8-6-7-11-24(21)18-32/h3-15,19-20H,16-18H2,1-2H3. The molecule has 1 aromatic heterocycles. The van der Waals surface area contributed by atoms with Crippen LogP contribution < -0.4 is 0 Å². The number of fused-ring (bicyclic) bond motifs is 1. The topological polar surface area (TPSA) is 42.3 Å². The molecule has 0 unspecified atom stereocenters. The van der Waals surface area contributed by atoms with Crippen molar-refractivity contribution in [3.8, 4) is 22.3 Å². The molecule has 0 spiro atoms. The van der Waals surface area contributed by atoms with Crippen LogP contribution >= 0.6 is 0 Å². The Morgan fingerprint density at radius 1 is 0.857 bits per heavy atom. The van der Waals surface area contributed by atoms with Crippen molar-refractivity contribution in [2.75, 3.05) is 6.54 Å². The number of nitrogens with zero attached hydrogens (tertiary/aromatic N) is 2. The highest BCUT2D eigenvalue weighted by atomic mass is 19.1. The Labute approximate surface area is 204 Å². The summed E-state index contributed by atoms with van der Waals surface area (Å²) in [5.74, 6) is -0.460. The summed E-state index contributed by atoms with van der Waals surface area (Å²) >= 11 is 0. The summed E-state index contributed by atoms with van der Waals surface area (Å²) < 4.78 is 15.6. The van der Waals surface area contributed by atoms with Crippen molar-refractivity contribution in [2.24, 2.45) is 0 Å². The van der Waals surface area contributed by atoms with Crippen LogP contribution in [-0.4, -0.2) is 28.2 Å². The van der Waals surface area contributed by atoms with Crippen molar-refractivity contribution < 1.29 is 14.0 Å². The van der Waals surface area contributed by atoms with Crippen LogP contribution in [0.25, 0.3) is 22.3 Å². The van der Waals surface area contributed by atoms with E-state index in [1.54, 1.807) is 12.1 Å². The van der Waals surface area contributed by atoms with Crippen LogP contribution in [-0.2, 0) is 13.0 Å². The summed E-state index contributed by atoms with van der Waals surface area (Å²) in [6.07, 6.45) is 1.60. The molecule has 4 nitrogen and oxygen atoms in total. The first kappa shape index (κ1) is 22.8. The second-order valence-electron chi connectivity index (χ2n) is 9.18. The third kappa shape index (κ3) is 4.08. The molecule has 35 heavy (non-hydrogen) atoms. The molecule has 0 atom stereocenters. The molecular formula is C30H27FN2O2. The highest BCUT2D eigenvalue weighted by molar-refractivity contribution is 6.08. The highest BCUT2D eigenvalue weighted by Crippen LogP contribution is 2.42. The number of hydrogen-bond donors (Lipinski definition) is 0. The zero-order valence-corrected chi connectivity index (χ0v) is 19.9. The van der Waals surface area contributed by atoms with Crippen molar-refractivity contribution in [3.63, 3.8) is 0 Å². The first-order chi connectivity index (χ1) is 17.0. The van der Waals surface area contributed by atoms with Crippen LogP contribution in [0, 0.1) is 5.82 Å². The highest BCUT2D eigenvalue weighted by Gasteiger charge is 2.33. The van der Waals surface area contributed by atoms with Gasteiger partial charge in [-0.1, -0.05) is 66.7 Å². The molecule has 176 valence electrons. The molecule has 0 saturated carbocycles. The van der Waals surface area contributed by atoms with Gasteiger partial charge in [0.1, 0.15) is 11.5 Å². The molecule has 1 aliphatic rings. The van der Waals surface area contributed by atoms with Crippen LogP contribution in [0.5, 0.6) is 0 Å². The predicted octanol–water partition coefficient (Wildman–Crippen LogP) is 6.55. The Morgan fingerprint density at radius 2 is 1.49 bits per heavy atom. The van der Waals surface area contributed by atoms with Gasteiger partial charge < -0.3 is 9.47 Å². The Bertz CT molecular complexity index is 1390. The molecule has 0 fully saturated rings.